The van der Waals surface area contributed by atoms with E-state index in [9.17, 15) is 4.79 Å². The number of nitrogens with one attached hydrogen (secondary N) is 1. The number of aromatic nitrogens is 2. The van der Waals surface area contributed by atoms with Crippen LogP contribution in [-0.2, 0) is 0 Å². The maximum Gasteiger partial charge on any atom is 0.277 e. The monoisotopic (exact) mass is 298 g/mol. The predicted molar refractivity (Wildman–Crippen MR) is 89.2 cm³/mol. The van der Waals surface area contributed by atoms with Gasteiger partial charge >= 0.3 is 0 Å². The number of anilines is 2. The maximum absolute atomic E-state index is 12.7. The predicted octanol–water partition coefficient (Wildman–Crippen LogP) is 3.35. The molecule has 0 aliphatic rings. The highest BCUT2D eigenvalue weighted by molar-refractivity contribution is 6.04. The number of carbonyl (C=O) groups is 1. The number of rotatable bonds is 4. The second-order valence-electron chi connectivity index (χ2n) is 6.03. The van der Waals surface area contributed by atoms with Gasteiger partial charge in [-0.2, -0.15) is 0 Å². The summed E-state index contributed by atoms with van der Waals surface area (Å²) in [7, 11) is 0. The number of carbonyl (C=O) groups excluding carboxylic acids is 1. The lowest BCUT2D eigenvalue weighted by molar-refractivity contribution is 0.0983. The third kappa shape index (κ3) is 4.04. The number of benzene rings is 1. The Morgan fingerprint density at radius 1 is 1.18 bits per heavy atom. The van der Waals surface area contributed by atoms with Crippen molar-refractivity contribution in [2.45, 2.75) is 33.2 Å². The first-order valence-corrected chi connectivity index (χ1v) is 7.39. The number of hydrogen-bond donors (Lipinski definition) is 1. The van der Waals surface area contributed by atoms with Crippen molar-refractivity contribution in [1.82, 2.24) is 9.97 Å². The summed E-state index contributed by atoms with van der Waals surface area (Å²) in [5.74, 6) is 0.329. The van der Waals surface area contributed by atoms with Crippen LogP contribution in [0, 0.1) is 0 Å². The smallest absolute Gasteiger partial charge is 0.277 e. The lowest BCUT2D eigenvalue weighted by Crippen LogP contribution is -2.32. The minimum Gasteiger partial charge on any atom is -0.350 e. The zero-order chi connectivity index (χ0) is 16.2. The molecule has 0 spiro atoms. The van der Waals surface area contributed by atoms with E-state index in [0.29, 0.717) is 18.2 Å². The second kappa shape index (κ2) is 6.56. The first-order chi connectivity index (χ1) is 10.4. The number of para-hydroxylation sites is 1. The largest absolute Gasteiger partial charge is 0.350 e. The molecule has 0 radical (unpaired) electrons. The number of nitrogens with zero attached hydrogens (tertiary/aromatic N) is 3. The topological polar surface area (TPSA) is 58.1 Å². The molecule has 1 aromatic carbocycles. The molecule has 0 aliphatic heterocycles. The molecule has 2 aromatic rings. The third-order valence-corrected chi connectivity index (χ3v) is 2.99. The van der Waals surface area contributed by atoms with Gasteiger partial charge in [0.15, 0.2) is 0 Å². The molecule has 0 saturated heterocycles. The lowest BCUT2D eigenvalue weighted by atomic mass is 10.1. The lowest BCUT2D eigenvalue weighted by Gasteiger charge is -2.22. The van der Waals surface area contributed by atoms with Gasteiger partial charge in [0, 0.05) is 24.0 Å². The molecule has 1 amide bonds. The van der Waals surface area contributed by atoms with Crippen LogP contribution >= 0.6 is 0 Å². The summed E-state index contributed by atoms with van der Waals surface area (Å²) in [6.07, 6.45) is 1.60. The molecule has 0 atom stereocenters. The van der Waals surface area contributed by atoms with E-state index in [1.54, 1.807) is 17.2 Å². The third-order valence-electron chi connectivity index (χ3n) is 2.99. The molecule has 0 unspecified atom stereocenters. The molecule has 5 nitrogen and oxygen atoms in total. The summed E-state index contributed by atoms with van der Waals surface area (Å²) in [6.45, 7) is 8.59. The summed E-state index contributed by atoms with van der Waals surface area (Å²) in [6, 6.07) is 11.2. The van der Waals surface area contributed by atoms with Gasteiger partial charge in [0.05, 0.1) is 0 Å². The summed E-state index contributed by atoms with van der Waals surface area (Å²) in [5, 5.41) is 3.18. The summed E-state index contributed by atoms with van der Waals surface area (Å²) in [4.78, 5) is 22.9. The molecule has 22 heavy (non-hydrogen) atoms. The molecule has 116 valence electrons. The van der Waals surface area contributed by atoms with Crippen molar-refractivity contribution in [2.75, 3.05) is 16.8 Å². The molecule has 0 saturated carbocycles. The fourth-order valence-electron chi connectivity index (χ4n) is 2.06. The van der Waals surface area contributed by atoms with Crippen LogP contribution in [-0.4, -0.2) is 28.0 Å². The standard InChI is InChI=1S/C17H22N4O/c1-5-21(13-9-7-6-8-10-13)15(22)14-11-12-18-16(19-14)20-17(2,3)4/h6-12H,5H2,1-4H3,(H,18,19,20). The molecule has 0 fully saturated rings. The van der Waals surface area contributed by atoms with Gasteiger partial charge in [-0.25, -0.2) is 9.97 Å². The highest BCUT2D eigenvalue weighted by Gasteiger charge is 2.19. The van der Waals surface area contributed by atoms with Crippen molar-refractivity contribution in [2.24, 2.45) is 0 Å². The van der Waals surface area contributed by atoms with E-state index in [0.717, 1.165) is 5.69 Å². The zero-order valence-corrected chi connectivity index (χ0v) is 13.5. The van der Waals surface area contributed by atoms with Crippen molar-refractivity contribution in [3.63, 3.8) is 0 Å². The molecule has 1 N–H and O–H groups in total. The molecule has 2 rings (SSSR count). The van der Waals surface area contributed by atoms with Gasteiger partial charge in [-0.15, -0.1) is 0 Å². The van der Waals surface area contributed by atoms with Crippen LogP contribution in [0.25, 0.3) is 0 Å². The Bertz CT molecular complexity index is 635. The highest BCUT2D eigenvalue weighted by Crippen LogP contribution is 2.17. The fraction of sp³-hybridized carbons (Fsp3) is 0.353. The van der Waals surface area contributed by atoms with Crippen LogP contribution in [0.4, 0.5) is 11.6 Å². The molecule has 5 heteroatoms. The van der Waals surface area contributed by atoms with Gasteiger partial charge < -0.3 is 10.2 Å². The molecule has 1 heterocycles. The van der Waals surface area contributed by atoms with Crippen LogP contribution in [0.5, 0.6) is 0 Å². The number of amides is 1. The van der Waals surface area contributed by atoms with Crippen LogP contribution < -0.4 is 10.2 Å². The van der Waals surface area contributed by atoms with E-state index in [2.05, 4.69) is 15.3 Å². The van der Waals surface area contributed by atoms with Crippen molar-refractivity contribution >= 4 is 17.5 Å². The second-order valence-corrected chi connectivity index (χ2v) is 6.03. The van der Waals surface area contributed by atoms with Crippen LogP contribution in [0.1, 0.15) is 38.2 Å². The molecule has 1 aromatic heterocycles. The molecular formula is C17H22N4O. The van der Waals surface area contributed by atoms with Crippen LogP contribution in [0.15, 0.2) is 42.6 Å². The van der Waals surface area contributed by atoms with E-state index in [1.807, 2.05) is 58.0 Å². The van der Waals surface area contributed by atoms with E-state index < -0.39 is 0 Å². The molecular weight excluding hydrogens is 276 g/mol. The summed E-state index contributed by atoms with van der Waals surface area (Å²) in [5.41, 5.74) is 1.08. The summed E-state index contributed by atoms with van der Waals surface area (Å²) >= 11 is 0. The van der Waals surface area contributed by atoms with Crippen molar-refractivity contribution in [1.29, 1.82) is 0 Å². The fourth-order valence-corrected chi connectivity index (χ4v) is 2.06. The van der Waals surface area contributed by atoms with Gasteiger partial charge in [0.2, 0.25) is 5.95 Å². The average molecular weight is 298 g/mol. The van der Waals surface area contributed by atoms with E-state index >= 15 is 0 Å². The zero-order valence-electron chi connectivity index (χ0n) is 13.5. The Kier molecular flexibility index (Phi) is 4.75. The Morgan fingerprint density at radius 2 is 1.86 bits per heavy atom. The summed E-state index contributed by atoms with van der Waals surface area (Å²) < 4.78 is 0. The van der Waals surface area contributed by atoms with E-state index in [1.165, 1.54) is 0 Å². The normalized spacial score (nSPS) is 11.1. The SMILES string of the molecule is CCN(C(=O)c1ccnc(NC(C)(C)C)n1)c1ccccc1. The Morgan fingerprint density at radius 3 is 2.45 bits per heavy atom. The van der Waals surface area contributed by atoms with Crippen molar-refractivity contribution in [3.05, 3.63) is 48.3 Å². The first kappa shape index (κ1) is 15.9. The minimum atomic E-state index is -0.161. The Balaban J connectivity index is 2.27. The van der Waals surface area contributed by atoms with Crippen LogP contribution in [0.2, 0.25) is 0 Å². The van der Waals surface area contributed by atoms with Gasteiger partial charge in [0.1, 0.15) is 5.69 Å². The van der Waals surface area contributed by atoms with E-state index in [-0.39, 0.29) is 11.4 Å². The van der Waals surface area contributed by atoms with Crippen molar-refractivity contribution < 1.29 is 4.79 Å². The van der Waals surface area contributed by atoms with E-state index in [4.69, 9.17) is 0 Å². The Labute approximate surface area is 131 Å². The molecule has 0 aliphatic carbocycles. The first-order valence-electron chi connectivity index (χ1n) is 7.39. The number of hydrogen-bond acceptors (Lipinski definition) is 4. The van der Waals surface area contributed by atoms with Gasteiger partial charge in [0.25, 0.3) is 5.91 Å². The average Bonchev–Trinajstić information content (AvgIpc) is 2.47. The maximum atomic E-state index is 12.7. The quantitative estimate of drug-likeness (QED) is 0.940. The Hall–Kier alpha value is -2.43. The minimum absolute atomic E-state index is 0.131. The van der Waals surface area contributed by atoms with Gasteiger partial charge in [-0.05, 0) is 45.9 Å². The van der Waals surface area contributed by atoms with Crippen LogP contribution in [0.3, 0.4) is 0 Å². The highest BCUT2D eigenvalue weighted by atomic mass is 16.2. The van der Waals surface area contributed by atoms with Crippen molar-refractivity contribution in [3.8, 4) is 0 Å². The van der Waals surface area contributed by atoms with Gasteiger partial charge in [-0.1, -0.05) is 18.2 Å². The molecule has 0 bridgehead atoms. The van der Waals surface area contributed by atoms with Gasteiger partial charge in [-0.3, -0.25) is 4.79 Å².